The minimum Gasteiger partial charge on any atom is -0.353 e. The number of amides is 1. The van der Waals surface area contributed by atoms with Crippen LogP contribution >= 0.6 is 0 Å². The van der Waals surface area contributed by atoms with E-state index in [1.54, 1.807) is 11.1 Å². The predicted octanol–water partition coefficient (Wildman–Crippen LogP) is 2.12. The maximum absolute atomic E-state index is 10.8. The van der Waals surface area contributed by atoms with Crippen LogP contribution in [0.3, 0.4) is 0 Å². The molecule has 0 unspecified atom stereocenters. The van der Waals surface area contributed by atoms with Crippen LogP contribution in [0.25, 0.3) is 0 Å². The van der Waals surface area contributed by atoms with Crippen LogP contribution in [0.2, 0.25) is 0 Å². The molecular weight excluding hydrogens is 290 g/mol. The van der Waals surface area contributed by atoms with Crippen molar-refractivity contribution in [2.45, 2.75) is 13.8 Å². The van der Waals surface area contributed by atoms with Gasteiger partial charge in [0.05, 0.1) is 0 Å². The van der Waals surface area contributed by atoms with Gasteiger partial charge < -0.3 is 15.1 Å². The summed E-state index contributed by atoms with van der Waals surface area (Å²) in [6.45, 7) is 7.16. The molecule has 3 rings (SSSR count). The monoisotopic (exact) mass is 311 g/mol. The van der Waals surface area contributed by atoms with Gasteiger partial charge in [-0.3, -0.25) is 4.79 Å². The first kappa shape index (κ1) is 15.3. The molecule has 0 spiro atoms. The van der Waals surface area contributed by atoms with Gasteiger partial charge >= 0.3 is 0 Å². The zero-order valence-corrected chi connectivity index (χ0v) is 13.5. The number of benzene rings is 1. The fourth-order valence-electron chi connectivity index (χ4n) is 2.63. The van der Waals surface area contributed by atoms with Crippen molar-refractivity contribution in [3.8, 4) is 0 Å². The Hall–Kier alpha value is -2.63. The highest BCUT2D eigenvalue weighted by Crippen LogP contribution is 2.21. The predicted molar refractivity (Wildman–Crippen MR) is 91.1 cm³/mol. The maximum atomic E-state index is 10.8. The summed E-state index contributed by atoms with van der Waals surface area (Å²) in [5.41, 5.74) is 3.37. The Bertz CT molecular complexity index is 695. The molecule has 0 atom stereocenters. The van der Waals surface area contributed by atoms with Crippen molar-refractivity contribution in [2.75, 3.05) is 36.4 Å². The van der Waals surface area contributed by atoms with Crippen molar-refractivity contribution in [1.82, 2.24) is 14.9 Å². The first-order chi connectivity index (χ1) is 11.2. The molecule has 0 saturated carbocycles. The fraction of sp³-hybridized carbons (Fsp3) is 0.353. The van der Waals surface area contributed by atoms with Gasteiger partial charge in [-0.1, -0.05) is 12.1 Å². The first-order valence-electron chi connectivity index (χ1n) is 7.77. The second-order valence-corrected chi connectivity index (χ2v) is 5.81. The van der Waals surface area contributed by atoms with Crippen LogP contribution in [0, 0.1) is 13.8 Å². The molecule has 6 nitrogen and oxygen atoms in total. The van der Waals surface area contributed by atoms with E-state index in [9.17, 15) is 4.79 Å². The van der Waals surface area contributed by atoms with Gasteiger partial charge in [0.1, 0.15) is 5.82 Å². The van der Waals surface area contributed by atoms with Gasteiger partial charge in [-0.15, -0.1) is 0 Å². The molecule has 0 bridgehead atoms. The van der Waals surface area contributed by atoms with Crippen LogP contribution in [0.15, 0.2) is 30.5 Å². The number of aryl methyl sites for hydroxylation is 2. The summed E-state index contributed by atoms with van der Waals surface area (Å²) in [6, 6.07) is 8.17. The minimum atomic E-state index is 0.592. The van der Waals surface area contributed by atoms with E-state index in [1.807, 2.05) is 6.07 Å². The summed E-state index contributed by atoms with van der Waals surface area (Å²) in [6.07, 6.45) is 2.67. The highest BCUT2D eigenvalue weighted by atomic mass is 16.1. The van der Waals surface area contributed by atoms with Crippen molar-refractivity contribution < 1.29 is 4.79 Å². The highest BCUT2D eigenvalue weighted by molar-refractivity contribution is 5.60. The fourth-order valence-corrected chi connectivity index (χ4v) is 2.63. The maximum Gasteiger partial charge on any atom is 0.229 e. The molecule has 23 heavy (non-hydrogen) atoms. The van der Waals surface area contributed by atoms with Crippen molar-refractivity contribution in [2.24, 2.45) is 0 Å². The molecule has 2 aromatic rings. The lowest BCUT2D eigenvalue weighted by Crippen LogP contribution is -2.46. The van der Waals surface area contributed by atoms with Crippen molar-refractivity contribution in [3.05, 3.63) is 41.6 Å². The Morgan fingerprint density at radius 3 is 2.65 bits per heavy atom. The van der Waals surface area contributed by atoms with E-state index in [0.717, 1.165) is 49.7 Å². The normalized spacial score (nSPS) is 14.7. The van der Waals surface area contributed by atoms with Crippen molar-refractivity contribution in [1.29, 1.82) is 0 Å². The van der Waals surface area contributed by atoms with E-state index in [-0.39, 0.29) is 0 Å². The summed E-state index contributed by atoms with van der Waals surface area (Å²) in [7, 11) is 0. The van der Waals surface area contributed by atoms with Crippen LogP contribution in [0.5, 0.6) is 0 Å². The van der Waals surface area contributed by atoms with Crippen LogP contribution < -0.4 is 10.2 Å². The van der Waals surface area contributed by atoms with Crippen LogP contribution in [-0.2, 0) is 4.79 Å². The highest BCUT2D eigenvalue weighted by Gasteiger charge is 2.17. The number of nitrogens with zero attached hydrogens (tertiary/aromatic N) is 4. The van der Waals surface area contributed by atoms with E-state index in [0.29, 0.717) is 5.95 Å². The molecule has 6 heteroatoms. The second kappa shape index (κ2) is 6.64. The zero-order valence-electron chi connectivity index (χ0n) is 13.5. The van der Waals surface area contributed by atoms with Gasteiger partial charge in [0.15, 0.2) is 0 Å². The first-order valence-corrected chi connectivity index (χ1v) is 7.77. The molecule has 1 amide bonds. The quantitative estimate of drug-likeness (QED) is 0.876. The summed E-state index contributed by atoms with van der Waals surface area (Å²) in [4.78, 5) is 23.7. The number of piperazine rings is 1. The minimum absolute atomic E-state index is 0.592. The van der Waals surface area contributed by atoms with E-state index >= 15 is 0 Å². The molecule has 1 aliphatic heterocycles. The number of carbonyl (C=O) groups excluding carboxylic acids is 1. The molecule has 0 aliphatic carbocycles. The average Bonchev–Trinajstić information content (AvgIpc) is 2.58. The van der Waals surface area contributed by atoms with E-state index < -0.39 is 0 Å². The Labute approximate surface area is 136 Å². The Balaban J connectivity index is 1.75. The topological polar surface area (TPSA) is 61.4 Å². The summed E-state index contributed by atoms with van der Waals surface area (Å²) in [5, 5.41) is 3.30. The number of carbonyl (C=O) groups is 1. The lowest BCUT2D eigenvalue weighted by Gasteiger charge is -2.33. The van der Waals surface area contributed by atoms with Crippen LogP contribution in [-0.4, -0.2) is 47.5 Å². The third-order valence-corrected chi connectivity index (χ3v) is 4.07. The second-order valence-electron chi connectivity index (χ2n) is 5.81. The van der Waals surface area contributed by atoms with Gasteiger partial charge in [0.25, 0.3) is 0 Å². The number of aromatic nitrogens is 2. The van der Waals surface area contributed by atoms with E-state index in [4.69, 9.17) is 0 Å². The number of anilines is 3. The smallest absolute Gasteiger partial charge is 0.229 e. The Morgan fingerprint density at radius 2 is 1.91 bits per heavy atom. The SMILES string of the molecule is Cc1ccc(C)c(Nc2nccc(N3CCN(C=O)CC3)n2)c1. The molecule has 2 heterocycles. The van der Waals surface area contributed by atoms with Gasteiger partial charge in [-0.25, -0.2) is 4.98 Å². The zero-order chi connectivity index (χ0) is 16.2. The summed E-state index contributed by atoms with van der Waals surface area (Å²) in [5.74, 6) is 1.48. The molecule has 1 saturated heterocycles. The summed E-state index contributed by atoms with van der Waals surface area (Å²) >= 11 is 0. The van der Waals surface area contributed by atoms with Crippen molar-refractivity contribution >= 4 is 23.9 Å². The number of hydrogen-bond donors (Lipinski definition) is 1. The molecular formula is C17H21N5O. The molecule has 120 valence electrons. The van der Waals surface area contributed by atoms with Crippen LogP contribution in [0.4, 0.5) is 17.5 Å². The molecule has 1 N–H and O–H groups in total. The number of rotatable bonds is 4. The molecule has 1 aromatic carbocycles. The van der Waals surface area contributed by atoms with E-state index in [2.05, 4.69) is 52.2 Å². The Kier molecular flexibility index (Phi) is 4.41. The molecule has 1 fully saturated rings. The number of hydrogen-bond acceptors (Lipinski definition) is 5. The third-order valence-electron chi connectivity index (χ3n) is 4.07. The molecule has 1 aliphatic rings. The standard InChI is InChI=1S/C17H21N5O/c1-13-3-4-14(2)15(11-13)19-17-18-6-5-16(20-17)22-9-7-21(12-23)8-10-22/h3-6,11-12H,7-10H2,1-2H3,(H,18,19,20). The number of nitrogens with one attached hydrogen (secondary N) is 1. The Morgan fingerprint density at radius 1 is 1.13 bits per heavy atom. The lowest BCUT2D eigenvalue weighted by molar-refractivity contribution is -0.118. The lowest BCUT2D eigenvalue weighted by atomic mass is 10.1. The molecule has 1 aromatic heterocycles. The third kappa shape index (κ3) is 3.59. The van der Waals surface area contributed by atoms with Crippen LogP contribution in [0.1, 0.15) is 11.1 Å². The van der Waals surface area contributed by atoms with Gasteiger partial charge in [0.2, 0.25) is 12.4 Å². The van der Waals surface area contributed by atoms with Gasteiger partial charge in [0, 0.05) is 38.1 Å². The van der Waals surface area contributed by atoms with Gasteiger partial charge in [-0.05, 0) is 37.1 Å². The summed E-state index contributed by atoms with van der Waals surface area (Å²) < 4.78 is 0. The van der Waals surface area contributed by atoms with Crippen molar-refractivity contribution in [3.63, 3.8) is 0 Å². The largest absolute Gasteiger partial charge is 0.353 e. The average molecular weight is 311 g/mol. The molecule has 0 radical (unpaired) electrons. The van der Waals surface area contributed by atoms with Gasteiger partial charge in [-0.2, -0.15) is 4.98 Å². The van der Waals surface area contributed by atoms with E-state index in [1.165, 1.54) is 5.56 Å².